The first-order valence-electron chi connectivity index (χ1n) is 4.68. The molecule has 3 heteroatoms. The number of fused-ring (bicyclic) bond motifs is 1. The highest BCUT2D eigenvalue weighted by molar-refractivity contribution is 5.51. The van der Waals surface area contributed by atoms with E-state index in [-0.39, 0.29) is 6.42 Å². The molecule has 1 aromatic rings. The minimum Gasteiger partial charge on any atom is -0.493 e. The zero-order valence-electron chi connectivity index (χ0n) is 7.77. The smallest absolute Gasteiger partial charge is 0.122 e. The molecule has 1 heterocycles. The number of carbonyl (C=O) groups excluding carboxylic acids is 1. The van der Waals surface area contributed by atoms with Crippen molar-refractivity contribution in [2.24, 2.45) is 0 Å². The Kier molecular flexibility index (Phi) is 2.50. The molecule has 3 nitrogen and oxygen atoms in total. The maximum absolute atomic E-state index is 10.2. The molecule has 1 aliphatic rings. The number of ether oxygens (including phenoxy) is 1. The molecular formula is C11H12O3. The van der Waals surface area contributed by atoms with Crippen molar-refractivity contribution in [2.75, 3.05) is 6.61 Å². The molecule has 2 rings (SSSR count). The van der Waals surface area contributed by atoms with Crippen molar-refractivity contribution in [3.05, 3.63) is 29.3 Å². The van der Waals surface area contributed by atoms with E-state index in [1.165, 1.54) is 0 Å². The van der Waals surface area contributed by atoms with Gasteiger partial charge in [0.25, 0.3) is 0 Å². The fourth-order valence-electron chi connectivity index (χ4n) is 1.64. The lowest BCUT2D eigenvalue weighted by Gasteiger charge is -2.08. The van der Waals surface area contributed by atoms with E-state index in [0.29, 0.717) is 6.61 Å². The Morgan fingerprint density at radius 2 is 2.43 bits per heavy atom. The summed E-state index contributed by atoms with van der Waals surface area (Å²) >= 11 is 0. The lowest BCUT2D eigenvalue weighted by Crippen LogP contribution is -1.98. The van der Waals surface area contributed by atoms with Crippen molar-refractivity contribution in [3.8, 4) is 5.75 Å². The minimum absolute atomic E-state index is 0.152. The topological polar surface area (TPSA) is 46.5 Å². The predicted molar refractivity (Wildman–Crippen MR) is 51.3 cm³/mol. The Labute approximate surface area is 82.3 Å². The predicted octanol–water partition coefficient (Wildman–Crippen LogP) is 1.24. The van der Waals surface area contributed by atoms with Crippen molar-refractivity contribution in [1.29, 1.82) is 0 Å². The summed E-state index contributed by atoms with van der Waals surface area (Å²) in [6.45, 7) is 0.711. The normalized spacial score (nSPS) is 15.8. The molecule has 1 unspecified atom stereocenters. The van der Waals surface area contributed by atoms with Crippen molar-refractivity contribution in [1.82, 2.24) is 0 Å². The number of hydrogen-bond donors (Lipinski definition) is 1. The van der Waals surface area contributed by atoms with Gasteiger partial charge in [-0.15, -0.1) is 0 Å². The summed E-state index contributed by atoms with van der Waals surface area (Å²) in [5.74, 6) is 0.895. The van der Waals surface area contributed by atoms with E-state index >= 15 is 0 Å². The Balaban J connectivity index is 2.23. The van der Waals surface area contributed by atoms with Crippen LogP contribution in [-0.2, 0) is 11.2 Å². The van der Waals surface area contributed by atoms with Crippen LogP contribution >= 0.6 is 0 Å². The summed E-state index contributed by atoms with van der Waals surface area (Å²) < 4.78 is 5.34. The van der Waals surface area contributed by atoms with Gasteiger partial charge >= 0.3 is 0 Å². The molecule has 0 aliphatic carbocycles. The molecule has 0 fully saturated rings. The molecule has 1 N–H and O–H groups in total. The van der Waals surface area contributed by atoms with Gasteiger partial charge in [0.15, 0.2) is 0 Å². The zero-order chi connectivity index (χ0) is 9.97. The van der Waals surface area contributed by atoms with Gasteiger partial charge < -0.3 is 14.6 Å². The quantitative estimate of drug-likeness (QED) is 0.733. The van der Waals surface area contributed by atoms with Crippen molar-refractivity contribution in [2.45, 2.75) is 18.9 Å². The van der Waals surface area contributed by atoms with Gasteiger partial charge in [0.05, 0.1) is 12.7 Å². The van der Waals surface area contributed by atoms with E-state index < -0.39 is 6.10 Å². The van der Waals surface area contributed by atoms with Gasteiger partial charge in [-0.2, -0.15) is 0 Å². The third-order valence-corrected chi connectivity index (χ3v) is 2.42. The Hall–Kier alpha value is -1.35. The van der Waals surface area contributed by atoms with Crippen LogP contribution in [0.4, 0.5) is 0 Å². The average Bonchev–Trinajstić information content (AvgIpc) is 2.64. The zero-order valence-corrected chi connectivity index (χ0v) is 7.77. The third-order valence-electron chi connectivity index (χ3n) is 2.42. The summed E-state index contributed by atoms with van der Waals surface area (Å²) in [5, 5.41) is 9.58. The van der Waals surface area contributed by atoms with Gasteiger partial charge in [-0.25, -0.2) is 0 Å². The highest BCUT2D eigenvalue weighted by atomic mass is 16.5. The lowest BCUT2D eigenvalue weighted by atomic mass is 10.0. The van der Waals surface area contributed by atoms with Crippen LogP contribution in [0.5, 0.6) is 5.75 Å². The number of benzene rings is 1. The molecule has 0 saturated heterocycles. The molecule has 74 valence electrons. The van der Waals surface area contributed by atoms with Crippen LogP contribution in [0.3, 0.4) is 0 Å². The van der Waals surface area contributed by atoms with Gasteiger partial charge in [-0.3, -0.25) is 0 Å². The fourth-order valence-corrected chi connectivity index (χ4v) is 1.64. The Morgan fingerprint density at radius 1 is 1.57 bits per heavy atom. The van der Waals surface area contributed by atoms with E-state index in [2.05, 4.69) is 0 Å². The molecule has 0 aromatic heterocycles. The number of carbonyl (C=O) groups is 1. The lowest BCUT2D eigenvalue weighted by molar-refractivity contribution is -0.109. The monoisotopic (exact) mass is 192 g/mol. The fraction of sp³-hybridized carbons (Fsp3) is 0.364. The molecule has 0 spiro atoms. The third kappa shape index (κ3) is 1.63. The minimum atomic E-state index is -0.682. The molecule has 1 atom stereocenters. The maximum atomic E-state index is 10.2. The van der Waals surface area contributed by atoms with Gasteiger partial charge in [-0.05, 0) is 23.3 Å². The second kappa shape index (κ2) is 3.80. The van der Waals surface area contributed by atoms with Gasteiger partial charge in [0.2, 0.25) is 0 Å². The summed E-state index contributed by atoms with van der Waals surface area (Å²) in [6.07, 6.45) is 1.09. The number of aldehydes is 1. The van der Waals surface area contributed by atoms with E-state index in [1.54, 1.807) is 6.07 Å². The van der Waals surface area contributed by atoms with E-state index in [9.17, 15) is 9.90 Å². The Morgan fingerprint density at radius 3 is 3.21 bits per heavy atom. The average molecular weight is 192 g/mol. The van der Waals surface area contributed by atoms with Crippen LogP contribution in [-0.4, -0.2) is 18.0 Å². The van der Waals surface area contributed by atoms with Gasteiger partial charge in [0, 0.05) is 12.8 Å². The van der Waals surface area contributed by atoms with Gasteiger partial charge in [-0.1, -0.05) is 6.07 Å². The number of rotatable bonds is 3. The van der Waals surface area contributed by atoms with Crippen LogP contribution in [0.15, 0.2) is 18.2 Å². The van der Waals surface area contributed by atoms with Gasteiger partial charge in [0.1, 0.15) is 12.0 Å². The number of hydrogen-bond acceptors (Lipinski definition) is 3. The molecule has 0 bridgehead atoms. The molecule has 0 radical (unpaired) electrons. The van der Waals surface area contributed by atoms with Crippen molar-refractivity contribution < 1.29 is 14.6 Å². The highest BCUT2D eigenvalue weighted by Gasteiger charge is 2.14. The second-order valence-electron chi connectivity index (χ2n) is 3.38. The summed E-state index contributed by atoms with van der Waals surface area (Å²) in [7, 11) is 0. The molecular weight excluding hydrogens is 180 g/mol. The van der Waals surface area contributed by atoms with Crippen molar-refractivity contribution >= 4 is 6.29 Å². The van der Waals surface area contributed by atoms with Crippen molar-refractivity contribution in [3.63, 3.8) is 0 Å². The molecule has 1 aliphatic heterocycles. The molecule has 1 aromatic carbocycles. The van der Waals surface area contributed by atoms with Crippen LogP contribution in [0, 0.1) is 0 Å². The van der Waals surface area contributed by atoms with E-state index in [0.717, 1.165) is 29.6 Å². The standard InChI is InChI=1S/C11H12O3/c12-5-3-10(13)8-1-2-11-9(7-8)4-6-14-11/h1-2,5,7,10,13H,3-4,6H2. The first-order valence-corrected chi connectivity index (χ1v) is 4.68. The van der Waals surface area contributed by atoms with Crippen LogP contribution in [0.2, 0.25) is 0 Å². The van der Waals surface area contributed by atoms with Crippen LogP contribution in [0.1, 0.15) is 23.7 Å². The maximum Gasteiger partial charge on any atom is 0.122 e. The molecule has 0 saturated carbocycles. The second-order valence-corrected chi connectivity index (χ2v) is 3.38. The SMILES string of the molecule is O=CCC(O)c1ccc2c(c1)CCO2. The first-order chi connectivity index (χ1) is 6.81. The number of aliphatic hydroxyl groups is 1. The largest absolute Gasteiger partial charge is 0.493 e. The summed E-state index contributed by atoms with van der Waals surface area (Å²) in [5.41, 5.74) is 1.91. The highest BCUT2D eigenvalue weighted by Crippen LogP contribution is 2.28. The van der Waals surface area contributed by atoms with E-state index in [4.69, 9.17) is 4.74 Å². The summed E-state index contributed by atoms with van der Waals surface area (Å²) in [4.78, 5) is 10.2. The summed E-state index contributed by atoms with van der Waals surface area (Å²) in [6, 6.07) is 5.57. The first kappa shape index (κ1) is 9.21. The molecule has 0 amide bonds. The number of aliphatic hydroxyl groups excluding tert-OH is 1. The Bertz CT molecular complexity index is 346. The van der Waals surface area contributed by atoms with Crippen LogP contribution in [0.25, 0.3) is 0 Å². The molecule has 14 heavy (non-hydrogen) atoms. The van der Waals surface area contributed by atoms with E-state index in [1.807, 2.05) is 12.1 Å². The van der Waals surface area contributed by atoms with Crippen LogP contribution < -0.4 is 4.74 Å².